The van der Waals surface area contributed by atoms with Gasteiger partial charge < -0.3 is 24.4 Å². The summed E-state index contributed by atoms with van der Waals surface area (Å²) in [6.45, 7) is 0.00534. The van der Waals surface area contributed by atoms with Crippen molar-refractivity contribution in [2.45, 2.75) is 6.61 Å². The van der Waals surface area contributed by atoms with Crippen molar-refractivity contribution in [2.75, 3.05) is 14.2 Å². The number of hydrogen-bond donors (Lipinski definition) is 2. The molecule has 0 radical (unpaired) electrons. The molecule has 0 atom stereocenters. The van der Waals surface area contributed by atoms with Crippen molar-refractivity contribution in [3.63, 3.8) is 0 Å². The Labute approximate surface area is 137 Å². The summed E-state index contributed by atoms with van der Waals surface area (Å²) < 4.78 is 15.7. The van der Waals surface area contributed by atoms with Gasteiger partial charge in [0.2, 0.25) is 0 Å². The topological polar surface area (TPSA) is 115 Å². The third-order valence-corrected chi connectivity index (χ3v) is 3.14. The lowest BCUT2D eigenvalue weighted by Gasteiger charge is -2.12. The third-order valence-electron chi connectivity index (χ3n) is 3.14. The van der Waals surface area contributed by atoms with E-state index >= 15 is 0 Å². The van der Waals surface area contributed by atoms with E-state index in [0.29, 0.717) is 17.1 Å². The number of pyridine rings is 1. The zero-order chi connectivity index (χ0) is 17.7. The van der Waals surface area contributed by atoms with E-state index in [1.165, 1.54) is 14.2 Å². The average molecular weight is 333 g/mol. The van der Waals surface area contributed by atoms with Crippen molar-refractivity contribution in [3.05, 3.63) is 47.3 Å². The van der Waals surface area contributed by atoms with Crippen LogP contribution in [0.1, 0.15) is 26.4 Å². The fourth-order valence-electron chi connectivity index (χ4n) is 1.96. The van der Waals surface area contributed by atoms with Gasteiger partial charge in [0.05, 0.1) is 19.8 Å². The standard InChI is InChI=1S/C16H15NO7/c1-22-11-4-3-9(5-12(11)23-2)8-24-13-6-10(15(18)19)7-17-14(13)16(20)21/h3-7H,8H2,1-2H3,(H,18,19)(H,20,21). The van der Waals surface area contributed by atoms with Crippen molar-refractivity contribution in [1.82, 2.24) is 4.98 Å². The fraction of sp³-hybridized carbons (Fsp3) is 0.188. The van der Waals surface area contributed by atoms with Crippen LogP contribution >= 0.6 is 0 Å². The molecular formula is C16H15NO7. The summed E-state index contributed by atoms with van der Waals surface area (Å²) in [5.74, 6) is -1.63. The molecule has 8 nitrogen and oxygen atoms in total. The monoisotopic (exact) mass is 333 g/mol. The van der Waals surface area contributed by atoms with Gasteiger partial charge in [-0.25, -0.2) is 14.6 Å². The molecule has 0 unspecified atom stereocenters. The van der Waals surface area contributed by atoms with Crippen LogP contribution in [-0.4, -0.2) is 41.4 Å². The first-order valence-electron chi connectivity index (χ1n) is 6.76. The van der Waals surface area contributed by atoms with Crippen LogP contribution in [0.5, 0.6) is 17.2 Å². The third kappa shape index (κ3) is 3.72. The van der Waals surface area contributed by atoms with Gasteiger partial charge in [0.15, 0.2) is 22.9 Å². The molecule has 1 heterocycles. The summed E-state index contributed by atoms with van der Waals surface area (Å²) in [5, 5.41) is 18.1. The summed E-state index contributed by atoms with van der Waals surface area (Å²) in [6.07, 6.45) is 0.967. The van der Waals surface area contributed by atoms with E-state index in [1.807, 2.05) is 0 Å². The normalized spacial score (nSPS) is 10.1. The Bertz CT molecular complexity index is 773. The number of methoxy groups -OCH3 is 2. The lowest BCUT2D eigenvalue weighted by atomic mass is 10.2. The fourth-order valence-corrected chi connectivity index (χ4v) is 1.96. The second kappa shape index (κ2) is 7.32. The number of aromatic carboxylic acids is 2. The number of benzene rings is 1. The molecule has 0 bridgehead atoms. The first kappa shape index (κ1) is 17.1. The maximum Gasteiger partial charge on any atom is 0.358 e. The van der Waals surface area contributed by atoms with Gasteiger partial charge in [-0.15, -0.1) is 0 Å². The van der Waals surface area contributed by atoms with Crippen LogP contribution in [0.4, 0.5) is 0 Å². The lowest BCUT2D eigenvalue weighted by molar-refractivity contribution is 0.0670. The molecule has 2 rings (SSSR count). The highest BCUT2D eigenvalue weighted by Crippen LogP contribution is 2.28. The molecule has 0 saturated heterocycles. The summed E-state index contributed by atoms with van der Waals surface area (Å²) in [7, 11) is 3.00. The summed E-state index contributed by atoms with van der Waals surface area (Å²) >= 11 is 0. The number of carbonyl (C=O) groups is 2. The highest BCUT2D eigenvalue weighted by molar-refractivity contribution is 5.92. The summed E-state index contributed by atoms with van der Waals surface area (Å²) in [4.78, 5) is 25.8. The Morgan fingerprint density at radius 1 is 1.00 bits per heavy atom. The molecule has 0 saturated carbocycles. The van der Waals surface area contributed by atoms with Crippen LogP contribution in [0.25, 0.3) is 0 Å². The maximum atomic E-state index is 11.2. The molecule has 2 N–H and O–H groups in total. The Morgan fingerprint density at radius 3 is 2.29 bits per heavy atom. The second-order valence-electron chi connectivity index (χ2n) is 4.66. The Morgan fingerprint density at radius 2 is 1.71 bits per heavy atom. The minimum Gasteiger partial charge on any atom is -0.493 e. The van der Waals surface area contributed by atoms with Crippen molar-refractivity contribution in [3.8, 4) is 17.2 Å². The van der Waals surface area contributed by atoms with Gasteiger partial charge in [-0.05, 0) is 23.8 Å². The predicted octanol–water partition coefficient (Wildman–Crippen LogP) is 2.07. The summed E-state index contributed by atoms with van der Waals surface area (Å²) in [5.41, 5.74) is 0.160. The number of rotatable bonds is 7. The van der Waals surface area contributed by atoms with Crippen LogP contribution < -0.4 is 14.2 Å². The van der Waals surface area contributed by atoms with Crippen LogP contribution in [-0.2, 0) is 6.61 Å². The molecule has 0 fully saturated rings. The Hall–Kier alpha value is -3.29. The molecule has 0 aliphatic heterocycles. The van der Waals surface area contributed by atoms with Gasteiger partial charge in [0.1, 0.15) is 6.61 Å². The van der Waals surface area contributed by atoms with E-state index in [-0.39, 0.29) is 23.6 Å². The number of carboxylic acid groups (broad SMARTS) is 2. The van der Waals surface area contributed by atoms with Crippen LogP contribution in [0.3, 0.4) is 0 Å². The second-order valence-corrected chi connectivity index (χ2v) is 4.66. The number of nitrogens with zero attached hydrogens (tertiary/aromatic N) is 1. The minimum atomic E-state index is -1.31. The highest BCUT2D eigenvalue weighted by atomic mass is 16.5. The number of hydrogen-bond acceptors (Lipinski definition) is 6. The van der Waals surface area contributed by atoms with Crippen LogP contribution in [0.15, 0.2) is 30.5 Å². The smallest absolute Gasteiger partial charge is 0.358 e. The van der Waals surface area contributed by atoms with Crippen molar-refractivity contribution >= 4 is 11.9 Å². The van der Waals surface area contributed by atoms with E-state index in [9.17, 15) is 9.59 Å². The molecule has 24 heavy (non-hydrogen) atoms. The van der Waals surface area contributed by atoms with E-state index in [4.69, 9.17) is 24.4 Å². The SMILES string of the molecule is COc1ccc(COc2cc(C(=O)O)cnc2C(=O)O)cc1OC. The molecule has 0 aliphatic carbocycles. The lowest BCUT2D eigenvalue weighted by Crippen LogP contribution is -2.08. The van der Waals surface area contributed by atoms with Gasteiger partial charge in [-0.2, -0.15) is 0 Å². The molecule has 2 aromatic rings. The molecule has 126 valence electrons. The van der Waals surface area contributed by atoms with Gasteiger partial charge >= 0.3 is 11.9 Å². The van der Waals surface area contributed by atoms with Gasteiger partial charge in [-0.3, -0.25) is 0 Å². The molecular weight excluding hydrogens is 318 g/mol. The zero-order valence-electron chi connectivity index (χ0n) is 13.0. The van der Waals surface area contributed by atoms with E-state index < -0.39 is 11.9 Å². The van der Waals surface area contributed by atoms with Crippen LogP contribution in [0.2, 0.25) is 0 Å². The largest absolute Gasteiger partial charge is 0.493 e. The van der Waals surface area contributed by atoms with Crippen molar-refractivity contribution in [1.29, 1.82) is 0 Å². The quantitative estimate of drug-likeness (QED) is 0.791. The maximum absolute atomic E-state index is 11.2. The molecule has 8 heteroatoms. The molecule has 1 aromatic carbocycles. The Kier molecular flexibility index (Phi) is 5.20. The predicted molar refractivity (Wildman–Crippen MR) is 82.0 cm³/mol. The number of aromatic nitrogens is 1. The number of ether oxygens (including phenoxy) is 3. The number of carboxylic acids is 2. The zero-order valence-corrected chi connectivity index (χ0v) is 13.0. The first-order chi connectivity index (χ1) is 11.5. The molecule has 0 amide bonds. The van der Waals surface area contributed by atoms with Gasteiger partial charge in [-0.1, -0.05) is 6.07 Å². The van der Waals surface area contributed by atoms with Gasteiger partial charge in [0, 0.05) is 6.20 Å². The van der Waals surface area contributed by atoms with E-state index in [1.54, 1.807) is 18.2 Å². The average Bonchev–Trinajstić information content (AvgIpc) is 2.59. The van der Waals surface area contributed by atoms with E-state index in [2.05, 4.69) is 4.98 Å². The Balaban J connectivity index is 2.26. The van der Waals surface area contributed by atoms with Crippen molar-refractivity contribution in [2.24, 2.45) is 0 Å². The molecule has 0 spiro atoms. The minimum absolute atomic E-state index is 0.00534. The van der Waals surface area contributed by atoms with Crippen molar-refractivity contribution < 1.29 is 34.0 Å². The van der Waals surface area contributed by atoms with E-state index in [0.717, 1.165) is 12.3 Å². The van der Waals surface area contributed by atoms with Gasteiger partial charge in [0.25, 0.3) is 0 Å². The highest BCUT2D eigenvalue weighted by Gasteiger charge is 2.17. The molecule has 0 aliphatic rings. The summed E-state index contributed by atoms with van der Waals surface area (Å²) in [6, 6.07) is 6.20. The molecule has 1 aromatic heterocycles. The first-order valence-corrected chi connectivity index (χ1v) is 6.76. The van der Waals surface area contributed by atoms with Crippen LogP contribution in [0, 0.1) is 0 Å².